The largest absolute Gasteiger partial charge is 0.508 e. The molecule has 0 bridgehead atoms. The zero-order valence-corrected chi connectivity index (χ0v) is 11.9. The zero-order valence-electron chi connectivity index (χ0n) is 10.3. The summed E-state index contributed by atoms with van der Waals surface area (Å²) in [6.07, 6.45) is -4.40. The van der Waals surface area contributed by atoms with Gasteiger partial charge in [-0.3, -0.25) is 0 Å². The van der Waals surface area contributed by atoms with Crippen molar-refractivity contribution in [3.05, 3.63) is 52.0 Å². The SMILES string of the molecule is Cc1cc(O)cc(Oc2ccc(C(F)(F)F)cc2Br)c1. The number of halogens is 4. The van der Waals surface area contributed by atoms with Crippen LogP contribution in [0.3, 0.4) is 0 Å². The van der Waals surface area contributed by atoms with Crippen LogP contribution in [0.1, 0.15) is 11.1 Å². The molecule has 1 N–H and O–H groups in total. The predicted octanol–water partition coefficient (Wildman–Crippen LogP) is 5.27. The number of phenolic OH excluding ortho intramolecular Hbond substituents is 1. The Morgan fingerprint density at radius 1 is 1.10 bits per heavy atom. The lowest BCUT2D eigenvalue weighted by atomic mass is 10.2. The number of alkyl halides is 3. The summed E-state index contributed by atoms with van der Waals surface area (Å²) in [5.74, 6) is 0.619. The number of aryl methyl sites for hydroxylation is 1. The maximum Gasteiger partial charge on any atom is 0.416 e. The third-order valence-corrected chi connectivity index (χ3v) is 3.14. The Balaban J connectivity index is 2.30. The van der Waals surface area contributed by atoms with E-state index in [1.165, 1.54) is 12.1 Å². The number of hydrogen-bond donors (Lipinski definition) is 1. The Morgan fingerprint density at radius 3 is 2.35 bits per heavy atom. The highest BCUT2D eigenvalue weighted by atomic mass is 79.9. The molecule has 0 heterocycles. The standard InChI is InChI=1S/C14H10BrF3O2/c1-8-4-10(19)7-11(5-8)20-13-3-2-9(6-12(13)15)14(16,17)18/h2-7,19H,1H3. The van der Waals surface area contributed by atoms with Crippen LogP contribution in [0, 0.1) is 6.92 Å². The first-order chi connectivity index (χ1) is 9.25. The van der Waals surface area contributed by atoms with Gasteiger partial charge in [-0.25, -0.2) is 0 Å². The van der Waals surface area contributed by atoms with E-state index >= 15 is 0 Å². The minimum Gasteiger partial charge on any atom is -0.508 e. The molecule has 0 atom stereocenters. The second kappa shape index (κ2) is 5.36. The van der Waals surface area contributed by atoms with Crippen LogP contribution in [-0.2, 0) is 6.18 Å². The molecule has 0 saturated heterocycles. The van der Waals surface area contributed by atoms with Gasteiger partial charge >= 0.3 is 6.18 Å². The fraction of sp³-hybridized carbons (Fsp3) is 0.143. The van der Waals surface area contributed by atoms with Crippen LogP contribution in [0.4, 0.5) is 13.2 Å². The van der Waals surface area contributed by atoms with E-state index in [2.05, 4.69) is 15.9 Å². The Morgan fingerprint density at radius 2 is 1.80 bits per heavy atom. The smallest absolute Gasteiger partial charge is 0.416 e. The van der Waals surface area contributed by atoms with E-state index in [1.807, 2.05) is 0 Å². The van der Waals surface area contributed by atoms with E-state index in [1.54, 1.807) is 19.1 Å². The van der Waals surface area contributed by atoms with Crippen molar-refractivity contribution in [2.24, 2.45) is 0 Å². The molecule has 2 aromatic rings. The fourth-order valence-corrected chi connectivity index (χ4v) is 2.13. The third kappa shape index (κ3) is 3.45. The lowest BCUT2D eigenvalue weighted by molar-refractivity contribution is -0.137. The van der Waals surface area contributed by atoms with Crippen LogP contribution in [0.25, 0.3) is 0 Å². The van der Waals surface area contributed by atoms with Crippen molar-refractivity contribution in [1.29, 1.82) is 0 Å². The molecule has 2 nitrogen and oxygen atoms in total. The average molecular weight is 347 g/mol. The summed E-state index contributed by atoms with van der Waals surface area (Å²) in [7, 11) is 0. The van der Waals surface area contributed by atoms with Gasteiger partial charge in [0.2, 0.25) is 0 Å². The van der Waals surface area contributed by atoms with Gasteiger partial charge in [0.15, 0.2) is 0 Å². The number of phenols is 1. The number of aromatic hydroxyl groups is 1. The second-order valence-electron chi connectivity index (χ2n) is 4.25. The van der Waals surface area contributed by atoms with Gasteiger partial charge in [0.05, 0.1) is 10.0 Å². The zero-order chi connectivity index (χ0) is 14.9. The van der Waals surface area contributed by atoms with Crippen molar-refractivity contribution in [3.8, 4) is 17.2 Å². The molecule has 106 valence electrons. The summed E-state index contributed by atoms with van der Waals surface area (Å²) >= 11 is 3.05. The van der Waals surface area contributed by atoms with Gasteiger partial charge in [0, 0.05) is 6.07 Å². The molecule has 20 heavy (non-hydrogen) atoms. The van der Waals surface area contributed by atoms with Crippen molar-refractivity contribution < 1.29 is 23.0 Å². The number of benzene rings is 2. The van der Waals surface area contributed by atoms with E-state index in [0.717, 1.165) is 17.7 Å². The van der Waals surface area contributed by atoms with Gasteiger partial charge in [-0.2, -0.15) is 13.2 Å². The maximum absolute atomic E-state index is 12.5. The summed E-state index contributed by atoms with van der Waals surface area (Å²) in [5, 5.41) is 9.45. The van der Waals surface area contributed by atoms with Crippen LogP contribution in [0.15, 0.2) is 40.9 Å². The van der Waals surface area contributed by atoms with Crippen molar-refractivity contribution >= 4 is 15.9 Å². The Labute approximate surface area is 121 Å². The molecule has 6 heteroatoms. The summed E-state index contributed by atoms with van der Waals surface area (Å²) in [6.45, 7) is 1.77. The van der Waals surface area contributed by atoms with E-state index in [4.69, 9.17) is 4.74 Å². The lowest BCUT2D eigenvalue weighted by Gasteiger charge is -2.12. The van der Waals surface area contributed by atoms with Crippen molar-refractivity contribution in [2.45, 2.75) is 13.1 Å². The van der Waals surface area contributed by atoms with Crippen LogP contribution in [0.5, 0.6) is 17.2 Å². The van der Waals surface area contributed by atoms with Gasteiger partial charge in [-0.1, -0.05) is 0 Å². The number of rotatable bonds is 2. The van der Waals surface area contributed by atoms with Gasteiger partial charge in [0.25, 0.3) is 0 Å². The van der Waals surface area contributed by atoms with Crippen LogP contribution in [-0.4, -0.2) is 5.11 Å². The molecular weight excluding hydrogens is 337 g/mol. The molecule has 0 radical (unpaired) electrons. The molecule has 0 saturated carbocycles. The van der Waals surface area contributed by atoms with Gasteiger partial charge in [-0.05, 0) is 58.7 Å². The van der Waals surface area contributed by atoms with Gasteiger partial charge in [0.1, 0.15) is 17.2 Å². The van der Waals surface area contributed by atoms with Gasteiger partial charge < -0.3 is 9.84 Å². The first-order valence-corrected chi connectivity index (χ1v) is 6.40. The summed E-state index contributed by atoms with van der Waals surface area (Å²) in [5.41, 5.74) is 0.0202. The first-order valence-electron chi connectivity index (χ1n) is 5.61. The summed E-state index contributed by atoms with van der Waals surface area (Å²) < 4.78 is 43.3. The Kier molecular flexibility index (Phi) is 3.94. The van der Waals surface area contributed by atoms with E-state index < -0.39 is 11.7 Å². The van der Waals surface area contributed by atoms with E-state index in [-0.39, 0.29) is 16.0 Å². The van der Waals surface area contributed by atoms with Crippen molar-refractivity contribution in [1.82, 2.24) is 0 Å². The molecule has 0 spiro atoms. The molecule has 0 aliphatic rings. The van der Waals surface area contributed by atoms with Crippen LogP contribution >= 0.6 is 15.9 Å². The van der Waals surface area contributed by atoms with Crippen molar-refractivity contribution in [2.75, 3.05) is 0 Å². The monoisotopic (exact) mass is 346 g/mol. The molecule has 2 aromatic carbocycles. The summed E-state index contributed by atoms with van der Waals surface area (Å²) in [4.78, 5) is 0. The van der Waals surface area contributed by atoms with E-state index in [0.29, 0.717) is 5.75 Å². The minimum absolute atomic E-state index is 0.0306. The number of ether oxygens (including phenoxy) is 1. The quantitative estimate of drug-likeness (QED) is 0.802. The summed E-state index contributed by atoms with van der Waals surface area (Å²) in [6, 6.07) is 7.72. The highest BCUT2D eigenvalue weighted by Gasteiger charge is 2.31. The van der Waals surface area contributed by atoms with Gasteiger partial charge in [-0.15, -0.1) is 0 Å². The fourth-order valence-electron chi connectivity index (χ4n) is 1.67. The predicted molar refractivity (Wildman–Crippen MR) is 72.1 cm³/mol. The molecule has 2 rings (SSSR count). The highest BCUT2D eigenvalue weighted by Crippen LogP contribution is 2.37. The molecule has 0 aliphatic carbocycles. The molecular formula is C14H10BrF3O2. The Hall–Kier alpha value is -1.69. The second-order valence-corrected chi connectivity index (χ2v) is 5.10. The van der Waals surface area contributed by atoms with Crippen LogP contribution < -0.4 is 4.74 Å². The maximum atomic E-state index is 12.5. The molecule has 0 unspecified atom stereocenters. The lowest BCUT2D eigenvalue weighted by Crippen LogP contribution is -2.04. The molecule has 0 amide bonds. The van der Waals surface area contributed by atoms with E-state index in [9.17, 15) is 18.3 Å². The normalized spacial score (nSPS) is 11.4. The third-order valence-electron chi connectivity index (χ3n) is 2.52. The topological polar surface area (TPSA) is 29.5 Å². The van der Waals surface area contributed by atoms with Crippen molar-refractivity contribution in [3.63, 3.8) is 0 Å². The van der Waals surface area contributed by atoms with Crippen LogP contribution in [0.2, 0.25) is 0 Å². The minimum atomic E-state index is -4.40. The molecule has 0 aliphatic heterocycles. The highest BCUT2D eigenvalue weighted by molar-refractivity contribution is 9.10. The average Bonchev–Trinajstić information content (AvgIpc) is 2.29. The number of hydrogen-bond acceptors (Lipinski definition) is 2. The molecule has 0 fully saturated rings. The molecule has 0 aromatic heterocycles. The first kappa shape index (κ1) is 14.7. The Bertz CT molecular complexity index is 619.